The van der Waals surface area contributed by atoms with E-state index in [4.69, 9.17) is 4.42 Å². The van der Waals surface area contributed by atoms with Gasteiger partial charge in [-0.3, -0.25) is 4.79 Å². The quantitative estimate of drug-likeness (QED) is 0.692. The summed E-state index contributed by atoms with van der Waals surface area (Å²) in [5.74, 6) is -1.53. The number of ketones is 1. The number of aromatic nitrogens is 2. The molecule has 0 saturated heterocycles. The lowest BCUT2D eigenvalue weighted by Gasteiger charge is -2.07. The number of nitrogens with zero attached hydrogens (tertiary/aromatic N) is 2. The van der Waals surface area contributed by atoms with Crippen LogP contribution in [0.4, 0.5) is 4.39 Å². The maximum atomic E-state index is 12.9. The van der Waals surface area contributed by atoms with Crippen molar-refractivity contribution in [3.05, 3.63) is 65.3 Å². The second-order valence-electron chi connectivity index (χ2n) is 5.97. The van der Waals surface area contributed by atoms with Gasteiger partial charge in [0.2, 0.25) is 11.7 Å². The molecule has 7 heteroatoms. The Balaban J connectivity index is 1.83. The monoisotopic (exact) mass is 344 g/mol. The zero-order chi connectivity index (χ0) is 18.1. The summed E-state index contributed by atoms with van der Waals surface area (Å²) < 4.78 is 19.8. The van der Waals surface area contributed by atoms with Gasteiger partial charge in [-0.25, -0.2) is 9.37 Å². The van der Waals surface area contributed by atoms with Gasteiger partial charge in [0.1, 0.15) is 5.82 Å². The summed E-state index contributed by atoms with van der Waals surface area (Å²) in [6, 6.07) is 5.75. The van der Waals surface area contributed by atoms with Crippen LogP contribution in [-0.4, -0.2) is 25.5 Å². The summed E-state index contributed by atoms with van der Waals surface area (Å²) in [6.45, 7) is 3.62. The van der Waals surface area contributed by atoms with Crippen molar-refractivity contribution in [3.8, 4) is 11.6 Å². The molecule has 0 saturated carbocycles. The molecule has 1 aromatic carbocycles. The number of aromatic hydroxyl groups is 2. The Kier molecular flexibility index (Phi) is 4.31. The number of hydrogen-bond acceptors (Lipinski definition) is 5. The van der Waals surface area contributed by atoms with E-state index < -0.39 is 11.5 Å². The Morgan fingerprint density at radius 1 is 1.28 bits per heavy atom. The highest BCUT2D eigenvalue weighted by atomic mass is 19.1. The van der Waals surface area contributed by atoms with E-state index in [9.17, 15) is 19.4 Å². The molecule has 2 N–H and O–H groups in total. The molecule has 130 valence electrons. The molecule has 0 fully saturated rings. The van der Waals surface area contributed by atoms with Crippen molar-refractivity contribution >= 4 is 5.78 Å². The van der Waals surface area contributed by atoms with Crippen LogP contribution in [0.3, 0.4) is 0 Å². The minimum atomic E-state index is -0.579. The second-order valence-corrected chi connectivity index (χ2v) is 5.97. The topological polar surface area (TPSA) is 88.5 Å². The van der Waals surface area contributed by atoms with Gasteiger partial charge in [0.15, 0.2) is 17.4 Å². The molecule has 3 aromatic rings. The molecule has 3 rings (SSSR count). The van der Waals surface area contributed by atoms with E-state index in [0.717, 1.165) is 5.56 Å². The van der Waals surface area contributed by atoms with Crippen LogP contribution in [0.5, 0.6) is 11.6 Å². The standard InChI is InChI=1S/C18H17FN2O4/c1-10(2)21-9-13(17(23)18(21)24)16(22)14-8-20-15(25-14)7-11-3-5-12(19)6-4-11/h3-6,8-10,23-24H,7H2,1-2H3. The smallest absolute Gasteiger partial charge is 0.235 e. The molecule has 6 nitrogen and oxygen atoms in total. The Morgan fingerprint density at radius 3 is 2.56 bits per heavy atom. The van der Waals surface area contributed by atoms with Crippen molar-refractivity contribution in [2.45, 2.75) is 26.3 Å². The molecule has 0 atom stereocenters. The number of halogens is 1. The van der Waals surface area contributed by atoms with Gasteiger partial charge in [-0.15, -0.1) is 0 Å². The van der Waals surface area contributed by atoms with Crippen molar-refractivity contribution in [1.29, 1.82) is 0 Å². The summed E-state index contributed by atoms with van der Waals surface area (Å²) in [7, 11) is 0. The van der Waals surface area contributed by atoms with Crippen LogP contribution in [0, 0.1) is 5.82 Å². The van der Waals surface area contributed by atoms with Gasteiger partial charge in [0, 0.05) is 18.7 Å². The van der Waals surface area contributed by atoms with Gasteiger partial charge >= 0.3 is 0 Å². The first-order valence-corrected chi connectivity index (χ1v) is 7.73. The molecule has 0 amide bonds. The average Bonchev–Trinajstić information content (AvgIpc) is 3.15. The predicted molar refractivity (Wildman–Crippen MR) is 87.3 cm³/mol. The summed E-state index contributed by atoms with van der Waals surface area (Å²) >= 11 is 0. The van der Waals surface area contributed by atoms with E-state index >= 15 is 0 Å². The normalized spacial score (nSPS) is 11.2. The largest absolute Gasteiger partial charge is 0.503 e. The maximum Gasteiger partial charge on any atom is 0.235 e. The lowest BCUT2D eigenvalue weighted by atomic mass is 10.1. The molecule has 25 heavy (non-hydrogen) atoms. The Hall–Kier alpha value is -3.09. The lowest BCUT2D eigenvalue weighted by molar-refractivity contribution is 0.100. The third-order valence-corrected chi connectivity index (χ3v) is 3.83. The fraction of sp³-hybridized carbons (Fsp3) is 0.222. The summed E-state index contributed by atoms with van der Waals surface area (Å²) in [6.07, 6.45) is 2.95. The van der Waals surface area contributed by atoms with E-state index in [1.807, 2.05) is 13.8 Å². The van der Waals surface area contributed by atoms with Gasteiger partial charge in [-0.05, 0) is 31.5 Å². The molecule has 0 bridgehead atoms. The molecule has 0 spiro atoms. The molecular weight excluding hydrogens is 327 g/mol. The first-order valence-electron chi connectivity index (χ1n) is 7.73. The van der Waals surface area contributed by atoms with Crippen LogP contribution < -0.4 is 0 Å². The van der Waals surface area contributed by atoms with E-state index in [0.29, 0.717) is 12.3 Å². The summed E-state index contributed by atoms with van der Waals surface area (Å²) in [4.78, 5) is 16.5. The fourth-order valence-electron chi connectivity index (χ4n) is 2.47. The SMILES string of the molecule is CC(C)n1cc(C(=O)c2cnc(Cc3ccc(F)cc3)o2)c(O)c1O. The van der Waals surface area contributed by atoms with Crippen LogP contribution in [0.25, 0.3) is 0 Å². The fourth-order valence-corrected chi connectivity index (χ4v) is 2.47. The Bertz CT molecular complexity index is 910. The number of hydrogen-bond donors (Lipinski definition) is 2. The highest BCUT2D eigenvalue weighted by Gasteiger charge is 2.25. The van der Waals surface area contributed by atoms with Crippen molar-refractivity contribution in [2.75, 3.05) is 0 Å². The molecule has 2 heterocycles. The van der Waals surface area contributed by atoms with Gasteiger partial charge in [-0.1, -0.05) is 12.1 Å². The van der Waals surface area contributed by atoms with Crippen LogP contribution >= 0.6 is 0 Å². The number of benzene rings is 1. The van der Waals surface area contributed by atoms with Gasteiger partial charge in [0.25, 0.3) is 0 Å². The second kappa shape index (κ2) is 6.43. The average molecular weight is 344 g/mol. The van der Waals surface area contributed by atoms with Crippen molar-refractivity contribution in [3.63, 3.8) is 0 Å². The maximum absolute atomic E-state index is 12.9. The number of rotatable bonds is 5. The van der Waals surface area contributed by atoms with Crippen LogP contribution in [0.1, 0.15) is 47.5 Å². The van der Waals surface area contributed by atoms with Crippen LogP contribution in [0.2, 0.25) is 0 Å². The third kappa shape index (κ3) is 3.26. The summed E-state index contributed by atoms with van der Waals surface area (Å²) in [5, 5.41) is 19.9. The van der Waals surface area contributed by atoms with E-state index in [1.165, 1.54) is 29.1 Å². The molecule has 0 unspecified atom stereocenters. The number of oxazole rings is 1. The zero-order valence-electron chi connectivity index (χ0n) is 13.7. The molecule has 0 aliphatic carbocycles. The number of carbonyl (C=O) groups is 1. The molecular formula is C18H17FN2O4. The zero-order valence-corrected chi connectivity index (χ0v) is 13.7. The Labute approximate surface area is 143 Å². The van der Waals surface area contributed by atoms with E-state index in [-0.39, 0.29) is 29.1 Å². The summed E-state index contributed by atoms with van der Waals surface area (Å²) in [5.41, 5.74) is 0.726. The van der Waals surface area contributed by atoms with Gasteiger partial charge < -0.3 is 19.2 Å². The van der Waals surface area contributed by atoms with Crippen molar-refractivity contribution < 1.29 is 23.8 Å². The van der Waals surface area contributed by atoms with Crippen molar-refractivity contribution in [1.82, 2.24) is 9.55 Å². The lowest BCUT2D eigenvalue weighted by Crippen LogP contribution is -2.00. The van der Waals surface area contributed by atoms with Gasteiger partial charge in [0.05, 0.1) is 11.8 Å². The Morgan fingerprint density at radius 2 is 1.96 bits per heavy atom. The van der Waals surface area contributed by atoms with Crippen LogP contribution in [0.15, 0.2) is 41.1 Å². The first kappa shape index (κ1) is 16.8. The molecule has 0 aliphatic rings. The van der Waals surface area contributed by atoms with E-state index in [1.54, 1.807) is 12.1 Å². The predicted octanol–water partition coefficient (Wildman–Crippen LogP) is 3.43. The highest BCUT2D eigenvalue weighted by Crippen LogP contribution is 2.35. The van der Waals surface area contributed by atoms with Gasteiger partial charge in [-0.2, -0.15) is 0 Å². The molecule has 0 radical (unpaired) electrons. The van der Waals surface area contributed by atoms with Crippen molar-refractivity contribution in [2.24, 2.45) is 0 Å². The molecule has 2 aromatic heterocycles. The third-order valence-electron chi connectivity index (χ3n) is 3.83. The minimum Gasteiger partial charge on any atom is -0.503 e. The first-order chi connectivity index (χ1) is 11.9. The minimum absolute atomic E-state index is 0.0479. The van der Waals surface area contributed by atoms with E-state index in [2.05, 4.69) is 4.98 Å². The van der Waals surface area contributed by atoms with Crippen LogP contribution in [-0.2, 0) is 6.42 Å². The highest BCUT2D eigenvalue weighted by molar-refractivity contribution is 6.09. The molecule has 0 aliphatic heterocycles. The number of carbonyl (C=O) groups excluding carboxylic acids is 1.